The van der Waals surface area contributed by atoms with Crippen LogP contribution in [0.4, 0.5) is 0 Å². The Bertz CT molecular complexity index is 565. The Labute approximate surface area is 137 Å². The molecule has 1 aromatic carbocycles. The van der Waals surface area contributed by atoms with E-state index in [0.717, 1.165) is 24.0 Å². The number of thiol groups is 1. The zero-order valence-electron chi connectivity index (χ0n) is 13.2. The van der Waals surface area contributed by atoms with Gasteiger partial charge in [0.25, 0.3) is 0 Å². The summed E-state index contributed by atoms with van der Waals surface area (Å²) in [6.07, 6.45) is 1.71. The molecule has 22 heavy (non-hydrogen) atoms. The van der Waals surface area contributed by atoms with E-state index in [2.05, 4.69) is 23.7 Å². The summed E-state index contributed by atoms with van der Waals surface area (Å²) in [6, 6.07) is 5.92. The summed E-state index contributed by atoms with van der Waals surface area (Å²) in [5.74, 6) is 1.34. The molecule has 0 radical (unpaired) electrons. The van der Waals surface area contributed by atoms with Crippen molar-refractivity contribution < 1.29 is 14.6 Å². The first-order valence-corrected chi connectivity index (χ1v) is 7.62. The van der Waals surface area contributed by atoms with Gasteiger partial charge >= 0.3 is 0 Å². The normalized spacial score (nSPS) is 13.7. The molecule has 120 valence electrons. The number of hydrogen-bond donors (Lipinski definition) is 2. The minimum atomic E-state index is -0.512. The maximum absolute atomic E-state index is 8.98. The van der Waals surface area contributed by atoms with E-state index >= 15 is 0 Å². The van der Waals surface area contributed by atoms with E-state index in [-0.39, 0.29) is 0 Å². The SMILES string of the molecule is CCCO.COc1cc2c(cc1OC)C(C(S)C#N)=NCC2. The Morgan fingerprint density at radius 1 is 1.36 bits per heavy atom. The van der Waals surface area contributed by atoms with Gasteiger partial charge < -0.3 is 14.6 Å². The third-order valence-electron chi connectivity index (χ3n) is 3.15. The minimum absolute atomic E-state index is 0.319. The van der Waals surface area contributed by atoms with Gasteiger partial charge in [-0.25, -0.2) is 0 Å². The largest absolute Gasteiger partial charge is 0.493 e. The molecular weight excluding hydrogens is 300 g/mol. The maximum atomic E-state index is 8.98. The van der Waals surface area contributed by atoms with E-state index in [1.54, 1.807) is 14.2 Å². The molecule has 1 unspecified atom stereocenters. The quantitative estimate of drug-likeness (QED) is 0.834. The zero-order chi connectivity index (χ0) is 16.5. The van der Waals surface area contributed by atoms with Crippen molar-refractivity contribution in [2.75, 3.05) is 27.4 Å². The molecule has 0 bridgehead atoms. The molecule has 1 atom stereocenters. The van der Waals surface area contributed by atoms with E-state index in [0.29, 0.717) is 30.4 Å². The van der Waals surface area contributed by atoms with E-state index in [1.807, 2.05) is 19.1 Å². The highest BCUT2D eigenvalue weighted by Crippen LogP contribution is 2.33. The molecule has 1 aromatic rings. The van der Waals surface area contributed by atoms with Gasteiger partial charge in [0.1, 0.15) is 5.25 Å². The van der Waals surface area contributed by atoms with Crippen molar-refractivity contribution in [3.8, 4) is 17.6 Å². The molecule has 1 aliphatic heterocycles. The molecule has 0 amide bonds. The smallest absolute Gasteiger partial charge is 0.161 e. The van der Waals surface area contributed by atoms with Crippen LogP contribution < -0.4 is 9.47 Å². The molecular formula is C16H22N2O3S. The molecule has 5 nitrogen and oxygen atoms in total. The third kappa shape index (κ3) is 4.39. The highest BCUT2D eigenvalue weighted by molar-refractivity contribution is 7.82. The van der Waals surface area contributed by atoms with Crippen molar-refractivity contribution in [1.82, 2.24) is 0 Å². The molecule has 0 spiro atoms. The Balaban J connectivity index is 0.000000541. The number of aliphatic imine (C=N–C) groups is 1. The van der Waals surface area contributed by atoms with Crippen LogP contribution in [0.1, 0.15) is 24.5 Å². The number of benzene rings is 1. The Morgan fingerprint density at radius 3 is 2.45 bits per heavy atom. The molecule has 0 aromatic heterocycles. The first-order valence-electron chi connectivity index (χ1n) is 7.11. The number of fused-ring (bicyclic) bond motifs is 1. The van der Waals surface area contributed by atoms with Gasteiger partial charge in [-0.1, -0.05) is 6.92 Å². The number of nitrogens with zero attached hydrogens (tertiary/aromatic N) is 2. The molecule has 2 rings (SSSR count). The van der Waals surface area contributed by atoms with E-state index in [1.165, 1.54) is 0 Å². The van der Waals surface area contributed by atoms with E-state index in [4.69, 9.17) is 19.8 Å². The van der Waals surface area contributed by atoms with Gasteiger partial charge in [-0.05, 0) is 30.5 Å². The molecule has 0 saturated heterocycles. The van der Waals surface area contributed by atoms with E-state index in [9.17, 15) is 0 Å². The number of aliphatic hydroxyl groups is 1. The standard InChI is InChI=1S/C13H14N2O2S.C3H8O/c1-16-10-5-8-3-4-15-13(12(18)7-14)9(8)6-11(10)17-2;1-2-3-4/h5-6,12,18H,3-4H2,1-2H3;4H,2-3H2,1H3. The van der Waals surface area contributed by atoms with Gasteiger partial charge in [0.15, 0.2) is 11.5 Å². The van der Waals surface area contributed by atoms with Gasteiger partial charge in [-0.15, -0.1) is 0 Å². The summed E-state index contributed by atoms with van der Waals surface area (Å²) in [5, 5.41) is 16.3. The summed E-state index contributed by atoms with van der Waals surface area (Å²) >= 11 is 4.25. The van der Waals surface area contributed by atoms with Crippen LogP contribution in [0.25, 0.3) is 0 Å². The number of ether oxygens (including phenoxy) is 2. The second-order valence-corrected chi connectivity index (χ2v) is 5.15. The number of rotatable bonds is 4. The summed E-state index contributed by atoms with van der Waals surface area (Å²) in [5.41, 5.74) is 2.76. The average molecular weight is 322 g/mol. The summed E-state index contributed by atoms with van der Waals surface area (Å²) in [6.45, 7) is 2.93. The van der Waals surface area contributed by atoms with Crippen molar-refractivity contribution in [3.05, 3.63) is 23.3 Å². The van der Waals surface area contributed by atoms with Crippen molar-refractivity contribution in [1.29, 1.82) is 5.26 Å². The fraction of sp³-hybridized carbons (Fsp3) is 0.500. The predicted molar refractivity (Wildman–Crippen MR) is 90.4 cm³/mol. The lowest BCUT2D eigenvalue weighted by Crippen LogP contribution is -2.21. The van der Waals surface area contributed by atoms with Gasteiger partial charge in [0.05, 0.1) is 26.0 Å². The monoisotopic (exact) mass is 322 g/mol. The van der Waals surface area contributed by atoms with Crippen molar-refractivity contribution >= 4 is 18.3 Å². The fourth-order valence-electron chi connectivity index (χ4n) is 2.04. The summed E-state index contributed by atoms with van der Waals surface area (Å²) < 4.78 is 10.6. The van der Waals surface area contributed by atoms with E-state index < -0.39 is 5.25 Å². The maximum Gasteiger partial charge on any atom is 0.161 e. The van der Waals surface area contributed by atoms with Crippen LogP contribution >= 0.6 is 12.6 Å². The lowest BCUT2D eigenvalue weighted by Gasteiger charge is -2.20. The van der Waals surface area contributed by atoms with Crippen molar-refractivity contribution in [3.63, 3.8) is 0 Å². The molecule has 0 fully saturated rings. The van der Waals surface area contributed by atoms with Crippen molar-refractivity contribution in [2.24, 2.45) is 4.99 Å². The van der Waals surface area contributed by atoms with Gasteiger partial charge in [-0.2, -0.15) is 17.9 Å². The highest BCUT2D eigenvalue weighted by Gasteiger charge is 2.22. The Kier molecular flexibility index (Phi) is 7.78. The second kappa shape index (κ2) is 9.34. The molecule has 0 saturated carbocycles. The van der Waals surface area contributed by atoms with Crippen LogP contribution in [-0.2, 0) is 6.42 Å². The Morgan fingerprint density at radius 2 is 1.95 bits per heavy atom. The molecule has 6 heteroatoms. The lowest BCUT2D eigenvalue weighted by molar-refractivity contribution is 0.295. The number of nitriles is 1. The highest BCUT2D eigenvalue weighted by atomic mass is 32.1. The number of methoxy groups -OCH3 is 2. The fourth-order valence-corrected chi connectivity index (χ4v) is 2.26. The second-order valence-electron chi connectivity index (χ2n) is 4.64. The van der Waals surface area contributed by atoms with Crippen LogP contribution in [-0.4, -0.2) is 43.4 Å². The number of aliphatic hydroxyl groups excluding tert-OH is 1. The lowest BCUT2D eigenvalue weighted by atomic mass is 9.95. The molecule has 0 aliphatic carbocycles. The van der Waals surface area contributed by atoms with Crippen molar-refractivity contribution in [2.45, 2.75) is 25.0 Å². The summed E-state index contributed by atoms with van der Waals surface area (Å²) in [4.78, 5) is 4.39. The zero-order valence-corrected chi connectivity index (χ0v) is 14.1. The first kappa shape index (κ1) is 18.3. The summed E-state index contributed by atoms with van der Waals surface area (Å²) in [7, 11) is 3.20. The van der Waals surface area contributed by atoms with Gasteiger partial charge in [0, 0.05) is 18.7 Å². The minimum Gasteiger partial charge on any atom is -0.493 e. The molecule has 1 heterocycles. The van der Waals surface area contributed by atoms with Crippen LogP contribution in [0.5, 0.6) is 11.5 Å². The van der Waals surface area contributed by atoms with Crippen LogP contribution in [0.2, 0.25) is 0 Å². The van der Waals surface area contributed by atoms with Crippen LogP contribution in [0, 0.1) is 11.3 Å². The average Bonchev–Trinajstić information content (AvgIpc) is 2.59. The van der Waals surface area contributed by atoms with Crippen LogP contribution in [0.3, 0.4) is 0 Å². The number of hydrogen-bond acceptors (Lipinski definition) is 6. The Hall–Kier alpha value is -1.71. The van der Waals surface area contributed by atoms with Gasteiger partial charge in [-0.3, -0.25) is 4.99 Å². The van der Waals surface area contributed by atoms with Gasteiger partial charge in [0.2, 0.25) is 0 Å². The van der Waals surface area contributed by atoms with Crippen LogP contribution in [0.15, 0.2) is 17.1 Å². The first-order chi connectivity index (χ1) is 10.6. The molecule has 1 aliphatic rings. The topological polar surface area (TPSA) is 74.8 Å². The predicted octanol–water partition coefficient (Wildman–Crippen LogP) is 2.26. The molecule has 1 N–H and O–H groups in total. The third-order valence-corrected chi connectivity index (χ3v) is 3.51.